The maximum Gasteiger partial charge on any atom is 1.00 e. The predicted molar refractivity (Wildman–Crippen MR) is 54.0 cm³/mol. The molecule has 1 aliphatic heterocycles. The maximum atomic E-state index is 11.7. The van der Waals surface area contributed by atoms with Crippen LogP contribution >= 0.6 is 0 Å². The van der Waals surface area contributed by atoms with E-state index in [1.807, 2.05) is 7.05 Å². The summed E-state index contributed by atoms with van der Waals surface area (Å²) in [6, 6.07) is 0. The molecule has 84 valence electrons. The molecule has 2 nitrogen and oxygen atoms in total. The molecule has 1 heterocycles. The van der Waals surface area contributed by atoms with Gasteiger partial charge in [0.25, 0.3) is 0 Å². The van der Waals surface area contributed by atoms with Crippen molar-refractivity contribution in [1.29, 1.82) is 0 Å². The van der Waals surface area contributed by atoms with Crippen LogP contribution in [0.2, 0.25) is 0 Å². The number of halogens is 1. The molecule has 0 aromatic carbocycles. The molecule has 0 bridgehead atoms. The van der Waals surface area contributed by atoms with Gasteiger partial charge in [0.2, 0.25) is 5.91 Å². The Balaban J connectivity index is 0. The van der Waals surface area contributed by atoms with Gasteiger partial charge in [0, 0.05) is 19.5 Å². The summed E-state index contributed by atoms with van der Waals surface area (Å²) in [4.78, 5) is 13.5. The normalized spacial score (nSPS) is 25.9. The van der Waals surface area contributed by atoms with Gasteiger partial charge < -0.3 is 28.9 Å². The van der Waals surface area contributed by atoms with Crippen LogP contribution in [0.15, 0.2) is 0 Å². The second-order valence-corrected chi connectivity index (χ2v) is 5.35. The molecule has 0 aromatic heterocycles. The van der Waals surface area contributed by atoms with Crippen LogP contribution in [0.5, 0.6) is 0 Å². The average molecular weight is 510 g/mol. The second-order valence-electron chi connectivity index (χ2n) is 5.35. The first kappa shape index (κ1) is 18.5. The van der Waals surface area contributed by atoms with Gasteiger partial charge in [0.1, 0.15) is 0 Å². The Morgan fingerprint density at radius 2 is 1.93 bits per heavy atom. The standard InChI is InChI=1S/C11H20NO.Hg.HI/c1-8-7-12(5)10(13)9(8)6-11(2,3)4;;/h8-9H,1,6-7H2,2-5H3;;1H/q;+1;/p-1/t8-,9+;;/m1../s1. The smallest absolute Gasteiger partial charge is 1.00 e. The predicted octanol–water partition coefficient (Wildman–Crippen LogP) is -1.04. The third kappa shape index (κ3) is 5.33. The molecule has 0 aromatic rings. The van der Waals surface area contributed by atoms with Crippen LogP contribution in [0, 0.1) is 24.2 Å². The molecule has 1 saturated heterocycles. The van der Waals surface area contributed by atoms with Crippen molar-refractivity contribution < 1.29 is 56.4 Å². The first-order chi connectivity index (χ1) is 5.81. The molecule has 4 heteroatoms. The van der Waals surface area contributed by atoms with Crippen LogP contribution in [-0.2, 0) is 32.5 Å². The number of nitrogens with zero attached hydrogens (tertiary/aromatic N) is 1. The molecule has 1 amide bonds. The number of amides is 1. The zero-order valence-corrected chi connectivity index (χ0v) is 17.9. The summed E-state index contributed by atoms with van der Waals surface area (Å²) in [7, 11) is 1.86. The molecule has 1 aliphatic rings. The van der Waals surface area contributed by atoms with Gasteiger partial charge in [-0.1, -0.05) is 20.8 Å². The van der Waals surface area contributed by atoms with Crippen LogP contribution in [0.25, 0.3) is 0 Å². The molecule has 0 unspecified atom stereocenters. The van der Waals surface area contributed by atoms with Crippen molar-refractivity contribution in [1.82, 2.24) is 4.90 Å². The monoisotopic (exact) mass is 511 g/mol. The zero-order valence-electron chi connectivity index (χ0n) is 10.2. The summed E-state index contributed by atoms with van der Waals surface area (Å²) in [5.41, 5.74) is 0.224. The Morgan fingerprint density at radius 3 is 2.20 bits per heavy atom. The fourth-order valence-electron chi connectivity index (χ4n) is 1.97. The average Bonchev–Trinajstić information content (AvgIpc) is 2.14. The number of hydrogen-bond donors (Lipinski definition) is 0. The van der Waals surface area contributed by atoms with Gasteiger partial charge in [-0.3, -0.25) is 4.79 Å². The van der Waals surface area contributed by atoms with Crippen molar-refractivity contribution in [3.05, 3.63) is 6.92 Å². The van der Waals surface area contributed by atoms with Gasteiger partial charge in [-0.2, -0.15) is 0 Å². The molecule has 15 heavy (non-hydrogen) atoms. The van der Waals surface area contributed by atoms with E-state index < -0.39 is 0 Å². The topological polar surface area (TPSA) is 20.3 Å². The van der Waals surface area contributed by atoms with E-state index in [-0.39, 0.29) is 74.8 Å². The Kier molecular flexibility index (Phi) is 8.35. The van der Waals surface area contributed by atoms with E-state index in [9.17, 15) is 4.79 Å². The van der Waals surface area contributed by atoms with Crippen molar-refractivity contribution in [2.45, 2.75) is 27.2 Å². The van der Waals surface area contributed by atoms with Crippen LogP contribution in [0.1, 0.15) is 27.2 Å². The second kappa shape index (κ2) is 6.77. The quantitative estimate of drug-likeness (QED) is 0.327. The van der Waals surface area contributed by atoms with E-state index >= 15 is 0 Å². The van der Waals surface area contributed by atoms with E-state index in [0.29, 0.717) is 0 Å². The van der Waals surface area contributed by atoms with Crippen molar-refractivity contribution in [2.24, 2.45) is 17.3 Å². The molecule has 0 N–H and O–H groups in total. The van der Waals surface area contributed by atoms with E-state index in [0.717, 1.165) is 13.0 Å². The summed E-state index contributed by atoms with van der Waals surface area (Å²) in [6.07, 6.45) is 0.949. The molecule has 0 aliphatic carbocycles. The number of hydrogen-bond acceptors (Lipinski definition) is 1. The number of carbonyl (C=O) groups is 1. The van der Waals surface area contributed by atoms with Gasteiger partial charge >= 0.3 is 27.7 Å². The fraction of sp³-hybridized carbons (Fsp3) is 0.818. The van der Waals surface area contributed by atoms with Crippen molar-refractivity contribution >= 4 is 5.91 Å². The van der Waals surface area contributed by atoms with Crippen molar-refractivity contribution in [2.75, 3.05) is 13.6 Å². The fourth-order valence-corrected chi connectivity index (χ4v) is 1.97. The summed E-state index contributed by atoms with van der Waals surface area (Å²) in [5, 5.41) is 0. The van der Waals surface area contributed by atoms with Crippen LogP contribution in [0.3, 0.4) is 0 Å². The minimum atomic E-state index is 0. The van der Waals surface area contributed by atoms with E-state index in [1.165, 1.54) is 0 Å². The summed E-state index contributed by atoms with van der Waals surface area (Å²) in [6.45, 7) is 11.4. The third-order valence-corrected chi connectivity index (χ3v) is 2.60. The van der Waals surface area contributed by atoms with Gasteiger partial charge in [-0.05, 0) is 24.7 Å². The molecule has 1 rings (SSSR count). The summed E-state index contributed by atoms with van der Waals surface area (Å²) in [5.74, 6) is 0.691. The molecule has 0 spiro atoms. The van der Waals surface area contributed by atoms with Crippen LogP contribution < -0.4 is 24.0 Å². The Morgan fingerprint density at radius 1 is 1.47 bits per heavy atom. The Bertz CT molecular complexity index is 215. The van der Waals surface area contributed by atoms with E-state index in [2.05, 4.69) is 27.7 Å². The van der Waals surface area contributed by atoms with E-state index in [1.54, 1.807) is 4.90 Å². The summed E-state index contributed by atoms with van der Waals surface area (Å²) >= 11 is 0. The number of rotatable bonds is 1. The van der Waals surface area contributed by atoms with Crippen molar-refractivity contribution in [3.63, 3.8) is 0 Å². The van der Waals surface area contributed by atoms with Gasteiger partial charge in [-0.25, -0.2) is 0 Å². The van der Waals surface area contributed by atoms with Crippen LogP contribution in [-0.4, -0.2) is 24.4 Å². The number of likely N-dealkylation sites (tertiary alicyclic amines) is 1. The Hall–Kier alpha value is 1.14. The van der Waals surface area contributed by atoms with Gasteiger partial charge in [-0.15, -0.1) is 0 Å². The maximum absolute atomic E-state index is 11.7. The minimum absolute atomic E-state index is 0. The van der Waals surface area contributed by atoms with Crippen LogP contribution in [0.4, 0.5) is 0 Å². The molecule has 1 fully saturated rings. The molecule has 2 radical (unpaired) electrons. The molecular formula is C11H20HgINO. The zero-order chi connectivity index (χ0) is 10.2. The summed E-state index contributed by atoms with van der Waals surface area (Å²) < 4.78 is 0. The van der Waals surface area contributed by atoms with Crippen molar-refractivity contribution in [3.8, 4) is 0 Å². The van der Waals surface area contributed by atoms with E-state index in [4.69, 9.17) is 0 Å². The van der Waals surface area contributed by atoms with Gasteiger partial charge in [0.05, 0.1) is 0 Å². The molecule has 2 atom stereocenters. The third-order valence-electron chi connectivity index (χ3n) is 2.60. The molecular weight excluding hydrogens is 490 g/mol. The largest absolute Gasteiger partial charge is 1.00 e. The minimum Gasteiger partial charge on any atom is -1.00 e. The first-order valence-electron chi connectivity index (χ1n) is 4.89. The van der Waals surface area contributed by atoms with Gasteiger partial charge in [0.15, 0.2) is 0 Å². The number of carbonyl (C=O) groups excluding carboxylic acids is 1. The molecule has 0 saturated carbocycles. The Labute approximate surface area is 131 Å². The SMILES string of the molecule is [CH2][C@@H]1CN(C)C(=O)[C@H]1CC(C)(C)C.[Hg+].[I-]. The first-order valence-corrected chi connectivity index (χ1v) is 4.89.